The van der Waals surface area contributed by atoms with Crippen molar-refractivity contribution in [2.45, 2.75) is 11.8 Å². The van der Waals surface area contributed by atoms with Gasteiger partial charge in [0.05, 0.1) is 0 Å². The van der Waals surface area contributed by atoms with Gasteiger partial charge in [0.15, 0.2) is 0 Å². The SMILES string of the molecule is Cc1ccc(F)c(S(=O)(=O)N(C)CCN)c1. The molecule has 0 aromatic heterocycles. The highest BCUT2D eigenvalue weighted by Crippen LogP contribution is 2.19. The van der Waals surface area contributed by atoms with Gasteiger partial charge in [-0.05, 0) is 24.6 Å². The maximum absolute atomic E-state index is 13.4. The normalized spacial score (nSPS) is 12.1. The smallest absolute Gasteiger partial charge is 0.245 e. The minimum Gasteiger partial charge on any atom is -0.329 e. The molecule has 0 amide bonds. The molecule has 2 N–H and O–H groups in total. The summed E-state index contributed by atoms with van der Waals surface area (Å²) in [7, 11) is -2.40. The largest absolute Gasteiger partial charge is 0.329 e. The van der Waals surface area contributed by atoms with Crippen molar-refractivity contribution < 1.29 is 12.8 Å². The Morgan fingerprint density at radius 2 is 2.06 bits per heavy atom. The van der Waals surface area contributed by atoms with E-state index in [1.165, 1.54) is 19.2 Å². The Labute approximate surface area is 94.9 Å². The fraction of sp³-hybridized carbons (Fsp3) is 0.400. The number of nitrogens with zero attached hydrogens (tertiary/aromatic N) is 1. The van der Waals surface area contributed by atoms with E-state index in [1.54, 1.807) is 6.92 Å². The maximum Gasteiger partial charge on any atom is 0.245 e. The van der Waals surface area contributed by atoms with Crippen LogP contribution in [-0.4, -0.2) is 32.9 Å². The number of aryl methyl sites for hydroxylation is 1. The molecule has 6 heteroatoms. The average molecular weight is 246 g/mol. The fourth-order valence-electron chi connectivity index (χ4n) is 1.28. The standard InChI is InChI=1S/C10H15FN2O2S/c1-8-3-4-9(11)10(7-8)16(14,15)13(2)6-5-12/h3-4,7H,5-6,12H2,1-2H3. The second-order valence-corrected chi connectivity index (χ2v) is 5.56. The van der Waals surface area contributed by atoms with Crippen molar-refractivity contribution in [2.24, 2.45) is 5.73 Å². The molecular formula is C10H15FN2O2S. The van der Waals surface area contributed by atoms with Crippen LogP contribution in [0.3, 0.4) is 0 Å². The quantitative estimate of drug-likeness (QED) is 0.851. The first-order valence-corrected chi connectivity index (χ1v) is 6.26. The highest BCUT2D eigenvalue weighted by molar-refractivity contribution is 7.89. The third-order valence-corrected chi connectivity index (χ3v) is 4.09. The number of rotatable bonds is 4. The van der Waals surface area contributed by atoms with Gasteiger partial charge >= 0.3 is 0 Å². The van der Waals surface area contributed by atoms with Gasteiger partial charge in [0.2, 0.25) is 10.0 Å². The molecule has 1 aromatic carbocycles. The Kier molecular flexibility index (Phi) is 4.01. The minimum absolute atomic E-state index is 0.162. The van der Waals surface area contributed by atoms with E-state index < -0.39 is 15.8 Å². The van der Waals surface area contributed by atoms with Crippen molar-refractivity contribution in [1.29, 1.82) is 0 Å². The Bertz CT molecular complexity index is 474. The third-order valence-electron chi connectivity index (χ3n) is 2.22. The second-order valence-electron chi connectivity index (χ2n) is 3.55. The van der Waals surface area contributed by atoms with Crippen molar-refractivity contribution in [3.63, 3.8) is 0 Å². The van der Waals surface area contributed by atoms with Crippen molar-refractivity contribution in [3.05, 3.63) is 29.6 Å². The van der Waals surface area contributed by atoms with Crippen LogP contribution in [0.4, 0.5) is 4.39 Å². The fourth-order valence-corrected chi connectivity index (χ4v) is 2.61. The summed E-state index contributed by atoms with van der Waals surface area (Å²) < 4.78 is 38.3. The van der Waals surface area contributed by atoms with Crippen LogP contribution in [0, 0.1) is 12.7 Å². The lowest BCUT2D eigenvalue weighted by Crippen LogP contribution is -2.32. The summed E-state index contributed by atoms with van der Waals surface area (Å²) in [6.45, 7) is 2.07. The van der Waals surface area contributed by atoms with Gasteiger partial charge in [0.25, 0.3) is 0 Å². The minimum atomic E-state index is -3.78. The zero-order chi connectivity index (χ0) is 12.3. The Morgan fingerprint density at radius 3 is 2.62 bits per heavy atom. The van der Waals surface area contributed by atoms with Crippen molar-refractivity contribution in [3.8, 4) is 0 Å². The molecule has 0 bridgehead atoms. The van der Waals surface area contributed by atoms with Crippen LogP contribution in [0.15, 0.2) is 23.1 Å². The number of hydrogen-bond donors (Lipinski definition) is 1. The Morgan fingerprint density at radius 1 is 1.44 bits per heavy atom. The van der Waals surface area contributed by atoms with Gasteiger partial charge in [0.1, 0.15) is 10.7 Å². The van der Waals surface area contributed by atoms with E-state index in [0.29, 0.717) is 5.56 Å². The molecule has 4 nitrogen and oxygen atoms in total. The van der Waals surface area contributed by atoms with Crippen molar-refractivity contribution in [1.82, 2.24) is 4.31 Å². The molecule has 0 radical (unpaired) electrons. The lowest BCUT2D eigenvalue weighted by atomic mass is 10.2. The summed E-state index contributed by atoms with van der Waals surface area (Å²) in [5.74, 6) is -0.741. The van der Waals surface area contributed by atoms with Gasteiger partial charge in [-0.2, -0.15) is 4.31 Å². The predicted molar refractivity (Wildman–Crippen MR) is 60.0 cm³/mol. The van der Waals surface area contributed by atoms with Crippen LogP contribution in [-0.2, 0) is 10.0 Å². The summed E-state index contributed by atoms with van der Waals surface area (Å²) in [6.07, 6.45) is 0. The molecule has 0 saturated carbocycles. The van der Waals surface area contributed by atoms with Gasteiger partial charge in [-0.3, -0.25) is 0 Å². The number of nitrogens with two attached hydrogens (primary N) is 1. The van der Waals surface area contributed by atoms with Crippen molar-refractivity contribution >= 4 is 10.0 Å². The Balaban J connectivity index is 3.21. The molecule has 0 fully saturated rings. The molecule has 1 rings (SSSR count). The van der Waals surface area contributed by atoms with Gasteiger partial charge in [-0.1, -0.05) is 6.07 Å². The first kappa shape index (κ1) is 13.1. The van der Waals surface area contributed by atoms with Gasteiger partial charge in [-0.25, -0.2) is 12.8 Å². The lowest BCUT2D eigenvalue weighted by molar-refractivity contribution is 0.469. The van der Waals surface area contributed by atoms with Crippen LogP contribution < -0.4 is 5.73 Å². The summed E-state index contributed by atoms with van der Waals surface area (Å²) in [5, 5.41) is 0. The van der Waals surface area contributed by atoms with Crippen LogP contribution in [0.25, 0.3) is 0 Å². The first-order valence-electron chi connectivity index (χ1n) is 4.82. The molecule has 0 unspecified atom stereocenters. The highest BCUT2D eigenvalue weighted by atomic mass is 32.2. The van der Waals surface area contributed by atoms with Crippen LogP contribution in [0.2, 0.25) is 0 Å². The van der Waals surface area contributed by atoms with Crippen molar-refractivity contribution in [2.75, 3.05) is 20.1 Å². The molecule has 0 spiro atoms. The molecule has 1 aromatic rings. The van der Waals surface area contributed by atoms with E-state index in [2.05, 4.69) is 0 Å². The monoisotopic (exact) mass is 246 g/mol. The highest BCUT2D eigenvalue weighted by Gasteiger charge is 2.23. The van der Waals surface area contributed by atoms with Gasteiger partial charge in [-0.15, -0.1) is 0 Å². The molecule has 16 heavy (non-hydrogen) atoms. The zero-order valence-electron chi connectivity index (χ0n) is 9.27. The molecular weight excluding hydrogens is 231 g/mol. The Hall–Kier alpha value is -0.980. The zero-order valence-corrected chi connectivity index (χ0v) is 10.1. The number of sulfonamides is 1. The van der Waals surface area contributed by atoms with E-state index in [4.69, 9.17) is 5.73 Å². The summed E-state index contributed by atoms with van der Waals surface area (Å²) in [4.78, 5) is -0.302. The average Bonchev–Trinajstić information content (AvgIpc) is 2.22. The van der Waals surface area contributed by atoms with E-state index in [-0.39, 0.29) is 18.0 Å². The maximum atomic E-state index is 13.4. The third kappa shape index (κ3) is 2.58. The van der Waals surface area contributed by atoms with E-state index in [9.17, 15) is 12.8 Å². The molecule has 0 saturated heterocycles. The van der Waals surface area contributed by atoms with E-state index in [0.717, 1.165) is 10.4 Å². The first-order chi connectivity index (χ1) is 7.39. The number of halogens is 1. The molecule has 0 heterocycles. The van der Waals surface area contributed by atoms with Crippen LogP contribution >= 0.6 is 0 Å². The summed E-state index contributed by atoms with van der Waals surface area (Å²) >= 11 is 0. The molecule has 0 aliphatic heterocycles. The molecule has 0 atom stereocenters. The second kappa shape index (κ2) is 4.90. The number of likely N-dealkylation sites (N-methyl/N-ethyl adjacent to an activating group) is 1. The molecule has 0 aliphatic carbocycles. The van der Waals surface area contributed by atoms with Gasteiger partial charge < -0.3 is 5.73 Å². The van der Waals surface area contributed by atoms with E-state index >= 15 is 0 Å². The number of benzene rings is 1. The topological polar surface area (TPSA) is 63.4 Å². The summed E-state index contributed by atoms with van der Waals surface area (Å²) in [5.41, 5.74) is 5.97. The lowest BCUT2D eigenvalue weighted by Gasteiger charge is -2.16. The van der Waals surface area contributed by atoms with E-state index in [1.807, 2.05) is 0 Å². The van der Waals surface area contributed by atoms with Crippen LogP contribution in [0.5, 0.6) is 0 Å². The van der Waals surface area contributed by atoms with Crippen LogP contribution in [0.1, 0.15) is 5.56 Å². The van der Waals surface area contributed by atoms with Gasteiger partial charge in [0, 0.05) is 20.1 Å². The molecule has 90 valence electrons. The predicted octanol–water partition coefficient (Wildman–Crippen LogP) is 0.713. The summed E-state index contributed by atoms with van der Waals surface area (Å²) in [6, 6.07) is 3.99. The number of hydrogen-bond acceptors (Lipinski definition) is 3. The molecule has 0 aliphatic rings.